The second-order valence-electron chi connectivity index (χ2n) is 5.93. The van der Waals surface area contributed by atoms with E-state index in [2.05, 4.69) is 47.9 Å². The minimum absolute atomic E-state index is 0.117. The first-order valence-corrected chi connectivity index (χ1v) is 8.12. The van der Waals surface area contributed by atoms with Gasteiger partial charge in [0.15, 0.2) is 0 Å². The molecule has 2 amide bonds. The van der Waals surface area contributed by atoms with Gasteiger partial charge in [-0.05, 0) is 32.3 Å². The van der Waals surface area contributed by atoms with Crippen molar-refractivity contribution in [3.05, 3.63) is 35.9 Å². The molecule has 2 heterocycles. The lowest BCUT2D eigenvalue weighted by Crippen LogP contribution is -2.44. The first-order valence-electron chi connectivity index (χ1n) is 8.12. The smallest absolute Gasteiger partial charge is 0.321 e. The lowest BCUT2D eigenvalue weighted by Gasteiger charge is -2.33. The Morgan fingerprint density at radius 2 is 1.95 bits per heavy atom. The molecule has 2 fully saturated rings. The number of benzene rings is 1. The number of rotatable bonds is 3. The van der Waals surface area contributed by atoms with Gasteiger partial charge >= 0.3 is 6.03 Å². The maximum Gasteiger partial charge on any atom is 0.321 e. The van der Waals surface area contributed by atoms with Gasteiger partial charge in [-0.2, -0.15) is 0 Å². The minimum Gasteiger partial charge on any atom is -0.325 e. The fourth-order valence-corrected chi connectivity index (χ4v) is 3.74. The third-order valence-electron chi connectivity index (χ3n) is 4.82. The van der Waals surface area contributed by atoms with Crippen molar-refractivity contribution in [3.63, 3.8) is 0 Å². The Balaban J connectivity index is 1.90. The Kier molecular flexibility index (Phi) is 4.15. The molecule has 0 spiro atoms. The van der Waals surface area contributed by atoms with E-state index in [1.54, 1.807) is 0 Å². The minimum atomic E-state index is 0.117. The lowest BCUT2D eigenvalue weighted by molar-refractivity contribution is 0.119. The van der Waals surface area contributed by atoms with Crippen molar-refractivity contribution >= 4 is 6.03 Å². The number of carbonyl (C=O) groups excluding carboxylic acids is 1. The number of hydrogen-bond donors (Lipinski definition) is 0. The van der Waals surface area contributed by atoms with Crippen LogP contribution in [-0.4, -0.2) is 53.0 Å². The van der Waals surface area contributed by atoms with E-state index in [0.717, 1.165) is 26.2 Å². The van der Waals surface area contributed by atoms with E-state index in [4.69, 9.17) is 0 Å². The molecular formula is C17H25N3O. The maximum absolute atomic E-state index is 12.8. The molecule has 1 aromatic carbocycles. The van der Waals surface area contributed by atoms with Crippen molar-refractivity contribution in [2.45, 2.75) is 38.9 Å². The van der Waals surface area contributed by atoms with Crippen LogP contribution >= 0.6 is 0 Å². The number of fused-ring (bicyclic) bond motifs is 1. The maximum atomic E-state index is 12.8. The molecule has 2 aliphatic heterocycles. The number of amides is 2. The molecule has 0 radical (unpaired) electrons. The Morgan fingerprint density at radius 1 is 1.24 bits per heavy atom. The molecule has 0 bridgehead atoms. The third kappa shape index (κ3) is 2.53. The topological polar surface area (TPSA) is 26.8 Å². The molecule has 2 unspecified atom stereocenters. The Hall–Kier alpha value is -1.55. The van der Waals surface area contributed by atoms with Crippen LogP contribution in [0.4, 0.5) is 4.79 Å². The van der Waals surface area contributed by atoms with E-state index in [-0.39, 0.29) is 12.2 Å². The zero-order valence-corrected chi connectivity index (χ0v) is 13.0. The summed E-state index contributed by atoms with van der Waals surface area (Å²) in [5, 5.41) is 0. The van der Waals surface area contributed by atoms with Crippen LogP contribution < -0.4 is 0 Å². The average molecular weight is 287 g/mol. The molecule has 0 aromatic heterocycles. The molecule has 2 atom stereocenters. The molecule has 2 saturated heterocycles. The molecule has 0 N–H and O–H groups in total. The van der Waals surface area contributed by atoms with Crippen LogP contribution in [0.3, 0.4) is 0 Å². The van der Waals surface area contributed by atoms with Crippen molar-refractivity contribution in [2.24, 2.45) is 0 Å². The van der Waals surface area contributed by atoms with Crippen LogP contribution in [0.15, 0.2) is 30.3 Å². The van der Waals surface area contributed by atoms with Crippen LogP contribution in [0, 0.1) is 0 Å². The highest BCUT2D eigenvalue weighted by Gasteiger charge is 2.45. The highest BCUT2D eigenvalue weighted by atomic mass is 16.2. The van der Waals surface area contributed by atoms with Gasteiger partial charge in [-0.15, -0.1) is 0 Å². The van der Waals surface area contributed by atoms with Crippen LogP contribution in [0.1, 0.15) is 38.4 Å². The summed E-state index contributed by atoms with van der Waals surface area (Å²) in [4.78, 5) is 19.4. The monoisotopic (exact) mass is 287 g/mol. The van der Waals surface area contributed by atoms with E-state index >= 15 is 0 Å². The molecule has 114 valence electrons. The van der Waals surface area contributed by atoms with Gasteiger partial charge in [0.05, 0.1) is 0 Å². The fourth-order valence-electron chi connectivity index (χ4n) is 3.74. The highest BCUT2D eigenvalue weighted by Crippen LogP contribution is 2.39. The van der Waals surface area contributed by atoms with Gasteiger partial charge in [0.1, 0.15) is 6.17 Å². The van der Waals surface area contributed by atoms with Crippen molar-refractivity contribution < 1.29 is 4.79 Å². The van der Waals surface area contributed by atoms with Gasteiger partial charge in [-0.1, -0.05) is 30.3 Å². The summed E-state index contributed by atoms with van der Waals surface area (Å²) in [5.41, 5.74) is 1.24. The third-order valence-corrected chi connectivity index (χ3v) is 4.82. The number of carbonyl (C=O) groups is 1. The Bertz CT molecular complexity index is 486. The Morgan fingerprint density at radius 3 is 2.62 bits per heavy atom. The zero-order chi connectivity index (χ0) is 14.8. The highest BCUT2D eigenvalue weighted by molar-refractivity contribution is 5.75. The molecular weight excluding hydrogens is 262 g/mol. The summed E-state index contributed by atoms with van der Waals surface area (Å²) in [6, 6.07) is 11.2. The van der Waals surface area contributed by atoms with Crippen LogP contribution in [-0.2, 0) is 0 Å². The summed E-state index contributed by atoms with van der Waals surface area (Å²) in [6.45, 7) is 7.63. The molecule has 21 heavy (non-hydrogen) atoms. The van der Waals surface area contributed by atoms with Gasteiger partial charge in [-0.3, -0.25) is 4.90 Å². The largest absolute Gasteiger partial charge is 0.325 e. The molecule has 1 aromatic rings. The van der Waals surface area contributed by atoms with Crippen molar-refractivity contribution in [1.82, 2.24) is 14.7 Å². The normalized spacial score (nSPS) is 25.1. The van der Waals surface area contributed by atoms with E-state index < -0.39 is 0 Å². The van der Waals surface area contributed by atoms with Crippen LogP contribution in [0.2, 0.25) is 0 Å². The van der Waals surface area contributed by atoms with Gasteiger partial charge in [0.2, 0.25) is 0 Å². The first-order chi connectivity index (χ1) is 10.3. The SMILES string of the molecule is CCN(CC)C(=O)N1CC2CCCN2C1c1ccccc1. The first kappa shape index (κ1) is 14.4. The van der Waals surface area contributed by atoms with E-state index in [0.29, 0.717) is 6.04 Å². The van der Waals surface area contributed by atoms with Crippen LogP contribution in [0.5, 0.6) is 0 Å². The molecule has 0 saturated carbocycles. The fraction of sp³-hybridized carbons (Fsp3) is 0.588. The number of hydrogen-bond acceptors (Lipinski definition) is 2. The molecule has 4 heteroatoms. The molecule has 3 rings (SSSR count). The summed E-state index contributed by atoms with van der Waals surface area (Å²) in [5.74, 6) is 0. The van der Waals surface area contributed by atoms with Gasteiger partial charge in [0.25, 0.3) is 0 Å². The van der Waals surface area contributed by atoms with E-state index in [1.165, 1.54) is 18.4 Å². The van der Waals surface area contributed by atoms with Gasteiger partial charge in [0, 0.05) is 32.2 Å². The zero-order valence-electron chi connectivity index (χ0n) is 13.0. The standard InChI is InChI=1S/C17H25N3O/c1-3-18(4-2)17(21)20-13-15-11-8-12-19(15)16(20)14-9-6-5-7-10-14/h5-7,9-10,15-16H,3-4,8,11-13H2,1-2H3. The number of nitrogens with zero attached hydrogens (tertiary/aromatic N) is 3. The quantitative estimate of drug-likeness (QED) is 0.854. The second kappa shape index (κ2) is 6.06. The van der Waals surface area contributed by atoms with Crippen molar-refractivity contribution in [3.8, 4) is 0 Å². The average Bonchev–Trinajstić information content (AvgIpc) is 3.09. The summed E-state index contributed by atoms with van der Waals surface area (Å²) in [7, 11) is 0. The summed E-state index contributed by atoms with van der Waals surface area (Å²) in [6.07, 6.45) is 2.58. The molecule has 4 nitrogen and oxygen atoms in total. The molecule has 0 aliphatic carbocycles. The second-order valence-corrected chi connectivity index (χ2v) is 5.93. The molecule has 2 aliphatic rings. The lowest BCUT2D eigenvalue weighted by atomic mass is 10.1. The number of urea groups is 1. The van der Waals surface area contributed by atoms with E-state index in [9.17, 15) is 4.79 Å². The van der Waals surface area contributed by atoms with Crippen molar-refractivity contribution in [2.75, 3.05) is 26.2 Å². The van der Waals surface area contributed by atoms with Gasteiger partial charge < -0.3 is 9.80 Å². The predicted molar refractivity (Wildman–Crippen MR) is 83.9 cm³/mol. The summed E-state index contributed by atoms with van der Waals surface area (Å²) >= 11 is 0. The van der Waals surface area contributed by atoms with Gasteiger partial charge in [-0.25, -0.2) is 4.79 Å². The van der Waals surface area contributed by atoms with Crippen LogP contribution in [0.25, 0.3) is 0 Å². The predicted octanol–water partition coefficient (Wildman–Crippen LogP) is 2.93. The van der Waals surface area contributed by atoms with E-state index in [1.807, 2.05) is 11.0 Å². The summed E-state index contributed by atoms with van der Waals surface area (Å²) < 4.78 is 0. The van der Waals surface area contributed by atoms with Crippen molar-refractivity contribution in [1.29, 1.82) is 0 Å². The Labute approximate surface area is 127 Å².